The van der Waals surface area contributed by atoms with E-state index < -0.39 is 5.82 Å². The van der Waals surface area contributed by atoms with Crippen LogP contribution in [0, 0.1) is 5.82 Å². The molecule has 0 heterocycles. The largest absolute Gasteiger partial charge is 0.494 e. The number of rotatable bonds is 5. The lowest BCUT2D eigenvalue weighted by Gasteiger charge is -2.06. The zero-order valence-corrected chi connectivity index (χ0v) is 10.6. The summed E-state index contributed by atoms with van der Waals surface area (Å²) in [6.45, 7) is 2.06. The van der Waals surface area contributed by atoms with Crippen LogP contribution in [0.5, 0.6) is 5.75 Å². The van der Waals surface area contributed by atoms with E-state index in [0.29, 0.717) is 17.8 Å². The molecule has 0 amide bonds. The topological polar surface area (TPSA) is 47.6 Å². The van der Waals surface area contributed by atoms with Gasteiger partial charge in [-0.3, -0.25) is 0 Å². The lowest BCUT2D eigenvalue weighted by Crippen LogP contribution is -2.05. The molecule has 0 saturated heterocycles. The van der Waals surface area contributed by atoms with Gasteiger partial charge in [-0.2, -0.15) is 0 Å². The van der Waals surface area contributed by atoms with Gasteiger partial charge in [0.15, 0.2) is 11.6 Å². The fourth-order valence-corrected chi connectivity index (χ4v) is 1.34. The highest BCUT2D eigenvalue weighted by Crippen LogP contribution is 2.20. The van der Waals surface area contributed by atoms with E-state index in [-0.39, 0.29) is 11.7 Å². The van der Waals surface area contributed by atoms with E-state index >= 15 is 0 Å². The van der Waals surface area contributed by atoms with Gasteiger partial charge < -0.3 is 14.8 Å². The molecule has 0 bridgehead atoms. The zero-order chi connectivity index (χ0) is 13.5. The average Bonchev–Trinajstić information content (AvgIpc) is 2.37. The first-order valence-electron chi connectivity index (χ1n) is 5.41. The van der Waals surface area contributed by atoms with Crippen LogP contribution >= 0.6 is 0 Å². The molecule has 0 fully saturated rings. The predicted molar refractivity (Wildman–Crippen MR) is 67.2 cm³/mol. The zero-order valence-electron chi connectivity index (χ0n) is 10.6. The van der Waals surface area contributed by atoms with Crippen LogP contribution in [0.3, 0.4) is 0 Å². The molecular formula is C13H16FNO3. The summed E-state index contributed by atoms with van der Waals surface area (Å²) >= 11 is 0. The van der Waals surface area contributed by atoms with Crippen molar-refractivity contribution in [3.8, 4) is 5.75 Å². The first-order valence-corrected chi connectivity index (χ1v) is 5.41. The fourth-order valence-electron chi connectivity index (χ4n) is 1.34. The summed E-state index contributed by atoms with van der Waals surface area (Å²) in [6, 6.07) is 4.57. The molecule has 98 valence electrons. The van der Waals surface area contributed by atoms with Crippen molar-refractivity contribution < 1.29 is 18.7 Å². The summed E-state index contributed by atoms with van der Waals surface area (Å²) in [5, 5.41) is 2.97. The second kappa shape index (κ2) is 6.64. The lowest BCUT2D eigenvalue weighted by molar-refractivity contribution is -0.136. The lowest BCUT2D eigenvalue weighted by atomic mass is 10.2. The molecule has 18 heavy (non-hydrogen) atoms. The molecule has 0 saturated carbocycles. The minimum absolute atomic E-state index is 0.196. The molecule has 5 heteroatoms. The molecule has 0 aromatic heterocycles. The number of nitrogens with one attached hydrogen (secondary N) is 1. The highest BCUT2D eigenvalue weighted by molar-refractivity contribution is 5.87. The minimum Gasteiger partial charge on any atom is -0.494 e. The first-order chi connectivity index (χ1) is 8.58. The van der Waals surface area contributed by atoms with Gasteiger partial charge in [0.2, 0.25) is 0 Å². The van der Waals surface area contributed by atoms with E-state index in [9.17, 15) is 9.18 Å². The smallest absolute Gasteiger partial charge is 0.333 e. The maximum atomic E-state index is 13.4. The van der Waals surface area contributed by atoms with E-state index in [1.165, 1.54) is 26.4 Å². The molecule has 1 aromatic rings. The van der Waals surface area contributed by atoms with Crippen LogP contribution in [-0.2, 0) is 9.53 Å². The van der Waals surface area contributed by atoms with E-state index in [4.69, 9.17) is 4.74 Å². The van der Waals surface area contributed by atoms with Gasteiger partial charge in [0.1, 0.15) is 0 Å². The molecule has 0 aliphatic heterocycles. The summed E-state index contributed by atoms with van der Waals surface area (Å²) in [4.78, 5) is 11.1. The van der Waals surface area contributed by atoms with Crippen molar-refractivity contribution in [1.29, 1.82) is 0 Å². The number of methoxy groups -OCH3 is 2. The van der Waals surface area contributed by atoms with Gasteiger partial charge in [-0.15, -0.1) is 0 Å². The SMILES string of the molecule is COC(=O)/C(C)=C/CNc1ccc(OC)c(F)c1. The Kier molecular flexibility index (Phi) is 5.17. The number of carbonyl (C=O) groups excluding carboxylic acids is 1. The molecule has 4 nitrogen and oxygen atoms in total. The summed E-state index contributed by atoms with van der Waals surface area (Å²) < 4.78 is 22.7. The second-order valence-electron chi connectivity index (χ2n) is 3.61. The Bertz CT molecular complexity index is 458. The van der Waals surface area contributed by atoms with Gasteiger partial charge in [-0.25, -0.2) is 9.18 Å². The van der Waals surface area contributed by atoms with E-state index in [1.54, 1.807) is 19.1 Å². The maximum absolute atomic E-state index is 13.4. The van der Waals surface area contributed by atoms with E-state index in [1.807, 2.05) is 0 Å². The van der Waals surface area contributed by atoms with Crippen LogP contribution in [-0.4, -0.2) is 26.7 Å². The van der Waals surface area contributed by atoms with E-state index in [2.05, 4.69) is 10.1 Å². The fraction of sp³-hybridized carbons (Fsp3) is 0.308. The van der Waals surface area contributed by atoms with Gasteiger partial charge in [0, 0.05) is 23.9 Å². The number of benzene rings is 1. The summed E-state index contributed by atoms with van der Waals surface area (Å²) in [6.07, 6.45) is 1.67. The Morgan fingerprint density at radius 2 is 2.17 bits per heavy atom. The molecule has 1 N–H and O–H groups in total. The molecule has 0 atom stereocenters. The van der Waals surface area contributed by atoms with Gasteiger partial charge in [-0.1, -0.05) is 6.08 Å². The van der Waals surface area contributed by atoms with Crippen LogP contribution in [0.1, 0.15) is 6.92 Å². The average molecular weight is 253 g/mol. The third-order valence-corrected chi connectivity index (χ3v) is 2.37. The molecule has 0 spiro atoms. The van der Waals surface area contributed by atoms with Crippen molar-refractivity contribution >= 4 is 11.7 Å². The monoisotopic (exact) mass is 253 g/mol. The molecule has 1 aromatic carbocycles. The molecule has 0 unspecified atom stereocenters. The standard InChI is InChI=1S/C13H16FNO3/c1-9(13(16)18-3)6-7-15-10-4-5-12(17-2)11(14)8-10/h4-6,8,15H,7H2,1-3H3/b9-6+. The number of carbonyl (C=O) groups is 1. The summed E-state index contributed by atoms with van der Waals surface area (Å²) in [5.74, 6) is -0.615. The molecule has 0 radical (unpaired) electrons. The Hall–Kier alpha value is -2.04. The van der Waals surface area contributed by atoms with Crippen LogP contribution in [0.2, 0.25) is 0 Å². The molecule has 1 rings (SSSR count). The Balaban J connectivity index is 2.59. The van der Waals surface area contributed by atoms with Crippen molar-refractivity contribution in [2.24, 2.45) is 0 Å². The predicted octanol–water partition coefficient (Wildman–Crippen LogP) is 2.37. The highest BCUT2D eigenvalue weighted by Gasteiger charge is 2.04. The van der Waals surface area contributed by atoms with Crippen LogP contribution in [0.25, 0.3) is 0 Å². The normalized spacial score (nSPS) is 11.0. The third-order valence-electron chi connectivity index (χ3n) is 2.37. The molecular weight excluding hydrogens is 237 g/mol. The van der Waals surface area contributed by atoms with Crippen molar-refractivity contribution in [2.75, 3.05) is 26.1 Å². The maximum Gasteiger partial charge on any atom is 0.333 e. The van der Waals surface area contributed by atoms with E-state index in [0.717, 1.165) is 0 Å². The van der Waals surface area contributed by atoms with Gasteiger partial charge >= 0.3 is 5.97 Å². The Morgan fingerprint density at radius 3 is 2.72 bits per heavy atom. The first kappa shape index (κ1) is 14.0. The third kappa shape index (κ3) is 3.76. The Morgan fingerprint density at radius 1 is 1.44 bits per heavy atom. The van der Waals surface area contributed by atoms with Crippen LogP contribution in [0.4, 0.5) is 10.1 Å². The highest BCUT2D eigenvalue weighted by atomic mass is 19.1. The Labute approximate surface area is 105 Å². The van der Waals surface area contributed by atoms with Gasteiger partial charge in [0.05, 0.1) is 14.2 Å². The molecule has 0 aliphatic rings. The second-order valence-corrected chi connectivity index (χ2v) is 3.61. The van der Waals surface area contributed by atoms with Crippen molar-refractivity contribution in [3.63, 3.8) is 0 Å². The quantitative estimate of drug-likeness (QED) is 0.646. The van der Waals surface area contributed by atoms with Crippen LogP contribution < -0.4 is 10.1 Å². The summed E-state index contributed by atoms with van der Waals surface area (Å²) in [5.41, 5.74) is 1.11. The van der Waals surface area contributed by atoms with Crippen LogP contribution in [0.15, 0.2) is 29.8 Å². The number of hydrogen-bond donors (Lipinski definition) is 1. The van der Waals surface area contributed by atoms with Gasteiger partial charge in [-0.05, 0) is 19.1 Å². The van der Waals surface area contributed by atoms with Crippen molar-refractivity contribution in [2.45, 2.75) is 6.92 Å². The van der Waals surface area contributed by atoms with Gasteiger partial charge in [0.25, 0.3) is 0 Å². The number of ether oxygens (including phenoxy) is 2. The molecule has 0 aliphatic carbocycles. The number of anilines is 1. The van der Waals surface area contributed by atoms with Crippen molar-refractivity contribution in [1.82, 2.24) is 0 Å². The number of hydrogen-bond acceptors (Lipinski definition) is 4. The minimum atomic E-state index is -0.434. The van der Waals surface area contributed by atoms with Crippen molar-refractivity contribution in [3.05, 3.63) is 35.7 Å². The number of esters is 1. The summed E-state index contributed by atoms with van der Waals surface area (Å²) in [7, 11) is 2.74. The number of halogens is 1.